The minimum atomic E-state index is -0.0331. The van der Waals surface area contributed by atoms with Gasteiger partial charge in [0.2, 0.25) is 5.91 Å². The molecular weight excluding hydrogens is 430 g/mol. The number of ether oxygens (including phenoxy) is 2. The Hall–Kier alpha value is -2.87. The zero-order chi connectivity index (χ0) is 25.3. The molecule has 0 aliphatic rings. The van der Waals surface area contributed by atoms with Gasteiger partial charge in [0.25, 0.3) is 0 Å². The molecule has 0 aliphatic heterocycles. The summed E-state index contributed by atoms with van der Waals surface area (Å²) in [6.07, 6.45) is 8.01. The number of benzene rings is 1. The third-order valence-corrected chi connectivity index (χ3v) is 5.96. The molecule has 0 radical (unpaired) electrons. The normalized spacial score (nSPS) is 12.2. The van der Waals surface area contributed by atoms with Crippen molar-refractivity contribution >= 4 is 16.8 Å². The number of aromatic nitrogens is 4. The van der Waals surface area contributed by atoms with Gasteiger partial charge < -0.3 is 14.8 Å². The topological polar surface area (TPSA) is 94.1 Å². The molecule has 1 amide bonds. The highest BCUT2D eigenvalue weighted by atomic mass is 16.5. The van der Waals surface area contributed by atoms with E-state index in [9.17, 15) is 4.79 Å². The Balaban J connectivity index is 0.000000387. The number of methoxy groups -OCH3 is 1. The van der Waals surface area contributed by atoms with Gasteiger partial charge >= 0.3 is 0 Å². The summed E-state index contributed by atoms with van der Waals surface area (Å²) in [5.41, 5.74) is 4.03. The first kappa shape index (κ1) is 27.4. The molecule has 0 fully saturated rings. The fraction of sp³-hybridized carbons (Fsp3) is 0.577. The van der Waals surface area contributed by atoms with Crippen LogP contribution in [0.5, 0.6) is 5.75 Å². The van der Waals surface area contributed by atoms with Crippen molar-refractivity contribution in [2.24, 2.45) is 7.05 Å². The van der Waals surface area contributed by atoms with Crippen molar-refractivity contribution in [1.82, 2.24) is 25.3 Å². The van der Waals surface area contributed by atoms with Crippen LogP contribution < -0.4 is 10.1 Å². The SMILES string of the molecule is CC(=O)NCC[C@@H](C)Oc1cc(-c2cn[nH]c2)cc2nn(C)c(C)c12.CCCCC(C)(C)OC. The van der Waals surface area contributed by atoms with E-state index in [0.29, 0.717) is 6.54 Å². The van der Waals surface area contributed by atoms with Gasteiger partial charge in [0.05, 0.1) is 28.8 Å². The highest BCUT2D eigenvalue weighted by Gasteiger charge is 2.16. The lowest BCUT2D eigenvalue weighted by Crippen LogP contribution is -2.25. The fourth-order valence-electron chi connectivity index (χ4n) is 3.54. The number of H-pyrrole nitrogens is 1. The Bertz CT molecular complexity index is 1040. The van der Waals surface area contributed by atoms with Gasteiger partial charge in [0.15, 0.2) is 0 Å². The van der Waals surface area contributed by atoms with Gasteiger partial charge in [-0.25, -0.2) is 0 Å². The molecule has 0 saturated carbocycles. The van der Waals surface area contributed by atoms with Crippen LogP contribution in [0.2, 0.25) is 0 Å². The van der Waals surface area contributed by atoms with Gasteiger partial charge in [-0.15, -0.1) is 0 Å². The summed E-state index contributed by atoms with van der Waals surface area (Å²) >= 11 is 0. The lowest BCUT2D eigenvalue weighted by Gasteiger charge is -2.21. The molecule has 0 unspecified atom stereocenters. The molecule has 3 aromatic rings. The molecule has 34 heavy (non-hydrogen) atoms. The van der Waals surface area contributed by atoms with Crippen LogP contribution in [0.4, 0.5) is 0 Å². The largest absolute Gasteiger partial charge is 0.490 e. The molecule has 3 rings (SSSR count). The molecule has 0 spiro atoms. The summed E-state index contributed by atoms with van der Waals surface area (Å²) in [5.74, 6) is 0.772. The first-order valence-electron chi connectivity index (χ1n) is 12.0. The van der Waals surface area contributed by atoms with Gasteiger partial charge in [0.1, 0.15) is 5.75 Å². The lowest BCUT2D eigenvalue weighted by molar-refractivity contribution is -0.119. The van der Waals surface area contributed by atoms with Gasteiger partial charge in [-0.2, -0.15) is 10.2 Å². The van der Waals surface area contributed by atoms with Crippen molar-refractivity contribution in [3.63, 3.8) is 0 Å². The predicted molar refractivity (Wildman–Crippen MR) is 137 cm³/mol. The molecule has 0 saturated heterocycles. The van der Waals surface area contributed by atoms with E-state index in [4.69, 9.17) is 9.47 Å². The quantitative estimate of drug-likeness (QED) is 0.426. The molecule has 1 aromatic carbocycles. The maximum absolute atomic E-state index is 11.0. The van der Waals surface area contributed by atoms with Crippen LogP contribution in [0.1, 0.15) is 66.0 Å². The van der Waals surface area contributed by atoms with Crippen LogP contribution in [0, 0.1) is 6.92 Å². The first-order chi connectivity index (χ1) is 16.1. The number of aryl methyl sites for hydroxylation is 2. The molecule has 0 aliphatic carbocycles. The summed E-state index contributed by atoms with van der Waals surface area (Å²) < 4.78 is 13.3. The minimum absolute atomic E-state index is 0.0281. The average molecular weight is 472 g/mol. The van der Waals surface area contributed by atoms with E-state index >= 15 is 0 Å². The first-order valence-corrected chi connectivity index (χ1v) is 12.0. The van der Waals surface area contributed by atoms with Crippen LogP contribution in [-0.2, 0) is 16.6 Å². The van der Waals surface area contributed by atoms with Crippen molar-refractivity contribution in [3.8, 4) is 16.9 Å². The Morgan fingerprint density at radius 2 is 2.03 bits per heavy atom. The second-order valence-corrected chi connectivity index (χ2v) is 9.33. The smallest absolute Gasteiger partial charge is 0.216 e. The number of carbonyl (C=O) groups is 1. The van der Waals surface area contributed by atoms with Crippen molar-refractivity contribution in [2.45, 2.75) is 78.9 Å². The molecule has 8 nitrogen and oxygen atoms in total. The zero-order valence-electron chi connectivity index (χ0n) is 22.0. The van der Waals surface area contributed by atoms with E-state index < -0.39 is 0 Å². The average Bonchev–Trinajstić information content (AvgIpc) is 3.41. The summed E-state index contributed by atoms with van der Waals surface area (Å²) in [5, 5.41) is 15.3. The lowest BCUT2D eigenvalue weighted by atomic mass is 10.0. The van der Waals surface area contributed by atoms with E-state index in [1.54, 1.807) is 13.3 Å². The maximum Gasteiger partial charge on any atom is 0.216 e. The number of amides is 1. The number of unbranched alkanes of at least 4 members (excludes halogenated alkanes) is 1. The van der Waals surface area contributed by atoms with Crippen molar-refractivity contribution < 1.29 is 14.3 Å². The van der Waals surface area contributed by atoms with Crippen LogP contribution in [0.25, 0.3) is 22.0 Å². The zero-order valence-corrected chi connectivity index (χ0v) is 22.0. The summed E-state index contributed by atoms with van der Waals surface area (Å²) in [4.78, 5) is 11.0. The molecule has 0 bridgehead atoms. The fourth-order valence-corrected chi connectivity index (χ4v) is 3.54. The Kier molecular flexibility index (Phi) is 10.1. The summed E-state index contributed by atoms with van der Waals surface area (Å²) in [6.45, 7) is 12.6. The van der Waals surface area contributed by atoms with Crippen LogP contribution in [0.15, 0.2) is 24.5 Å². The summed E-state index contributed by atoms with van der Waals surface area (Å²) in [7, 11) is 3.70. The van der Waals surface area contributed by atoms with Gasteiger partial charge in [0, 0.05) is 51.5 Å². The molecule has 2 N–H and O–H groups in total. The van der Waals surface area contributed by atoms with E-state index in [1.807, 2.05) is 43.9 Å². The van der Waals surface area contributed by atoms with E-state index in [1.165, 1.54) is 26.2 Å². The molecule has 8 heteroatoms. The Morgan fingerprint density at radius 1 is 1.29 bits per heavy atom. The molecule has 2 aromatic heterocycles. The summed E-state index contributed by atoms with van der Waals surface area (Å²) in [6, 6.07) is 4.07. The van der Waals surface area contributed by atoms with E-state index in [0.717, 1.165) is 39.9 Å². The number of rotatable bonds is 10. The van der Waals surface area contributed by atoms with Gasteiger partial charge in [-0.1, -0.05) is 19.8 Å². The van der Waals surface area contributed by atoms with Crippen LogP contribution in [-0.4, -0.2) is 51.2 Å². The van der Waals surface area contributed by atoms with Gasteiger partial charge in [-0.3, -0.25) is 14.6 Å². The number of aromatic amines is 1. The predicted octanol–water partition coefficient (Wildman–Crippen LogP) is 5.17. The van der Waals surface area contributed by atoms with Crippen molar-refractivity contribution in [1.29, 1.82) is 0 Å². The third-order valence-electron chi connectivity index (χ3n) is 5.96. The number of carbonyl (C=O) groups excluding carboxylic acids is 1. The maximum atomic E-state index is 11.0. The highest BCUT2D eigenvalue weighted by molar-refractivity contribution is 5.92. The number of nitrogens with zero attached hydrogens (tertiary/aromatic N) is 3. The minimum Gasteiger partial charge on any atom is -0.490 e. The number of nitrogens with one attached hydrogen (secondary N) is 2. The third kappa shape index (κ3) is 7.87. The number of fused-ring (bicyclic) bond motifs is 1. The monoisotopic (exact) mass is 471 g/mol. The molecular formula is C26H41N5O3. The highest BCUT2D eigenvalue weighted by Crippen LogP contribution is 2.34. The second-order valence-electron chi connectivity index (χ2n) is 9.33. The van der Waals surface area contributed by atoms with Gasteiger partial charge in [-0.05, 0) is 51.8 Å². The Morgan fingerprint density at radius 3 is 2.62 bits per heavy atom. The Labute approximate surface area is 203 Å². The van der Waals surface area contributed by atoms with E-state index in [-0.39, 0.29) is 17.6 Å². The molecule has 1 atom stereocenters. The van der Waals surface area contributed by atoms with E-state index in [2.05, 4.69) is 41.4 Å². The number of hydrogen-bond acceptors (Lipinski definition) is 5. The number of hydrogen-bond donors (Lipinski definition) is 2. The standard InChI is InChI=1S/C18H23N5O2.C8H18O/c1-11(5-6-19-13(3)24)25-17-8-14(15-9-20-21-10-15)7-16-18(17)12(2)23(4)22-16;1-5-6-7-8(2,3)9-4/h7-11H,5-6H2,1-4H3,(H,19,24)(H,20,21);5-7H2,1-4H3/t11-;/m1./s1. The van der Waals surface area contributed by atoms with Crippen LogP contribution in [0.3, 0.4) is 0 Å². The van der Waals surface area contributed by atoms with Crippen molar-refractivity contribution in [3.05, 3.63) is 30.2 Å². The second kappa shape index (κ2) is 12.6. The van der Waals surface area contributed by atoms with Crippen molar-refractivity contribution in [2.75, 3.05) is 13.7 Å². The molecule has 2 heterocycles. The van der Waals surface area contributed by atoms with Crippen LogP contribution >= 0.6 is 0 Å². The molecule has 188 valence electrons.